The maximum Gasteiger partial charge on any atom is 0.160 e. The molecule has 1 spiro atoms. The molecule has 2 nitrogen and oxygen atoms in total. The first kappa shape index (κ1) is 26.4. The molecule has 220 valence electrons. The van der Waals surface area contributed by atoms with Gasteiger partial charge in [0.1, 0.15) is 0 Å². The number of nitrogens with zero attached hydrogens (tertiary/aromatic N) is 2. The summed E-state index contributed by atoms with van der Waals surface area (Å²) in [6, 6.07) is 52.7. The quantitative estimate of drug-likeness (QED) is 0.202. The third-order valence-corrected chi connectivity index (χ3v) is 10.6. The van der Waals surface area contributed by atoms with Crippen LogP contribution in [0.3, 0.4) is 0 Å². The van der Waals surface area contributed by atoms with Gasteiger partial charge in [-0.3, -0.25) is 0 Å². The summed E-state index contributed by atoms with van der Waals surface area (Å²) >= 11 is 0. The number of fused-ring (bicyclic) bond motifs is 11. The Bertz CT molecular complexity index is 2420. The number of hydrogen-bond acceptors (Lipinski definition) is 2. The molecule has 47 heavy (non-hydrogen) atoms. The normalized spacial score (nSPS) is 19.8. The minimum atomic E-state index is -0.246. The van der Waals surface area contributed by atoms with Crippen molar-refractivity contribution in [2.24, 2.45) is 5.92 Å². The second kappa shape index (κ2) is 10.1. The van der Waals surface area contributed by atoms with Crippen molar-refractivity contribution >= 4 is 10.9 Å². The molecule has 3 atom stereocenters. The van der Waals surface area contributed by atoms with Crippen LogP contribution < -0.4 is 0 Å². The Labute approximate surface area is 274 Å². The van der Waals surface area contributed by atoms with Crippen LogP contribution in [0.25, 0.3) is 55.8 Å². The molecule has 3 aliphatic rings. The standard InChI is InChI=1S/C45H30N2/c1-3-13-29(14-4-1)43-37-26-24-32(28-42(37)46-44(47-43)30-15-5-2-6-16-30)31-23-25-36-35-19-9-12-22-40(35)45(41(36)27-31)38-20-10-7-17-33(38)34-18-8-11-21-39(34)45/h1-28,33,38H. The van der Waals surface area contributed by atoms with Crippen molar-refractivity contribution in [2.75, 3.05) is 0 Å². The monoisotopic (exact) mass is 598 g/mol. The zero-order valence-corrected chi connectivity index (χ0v) is 25.7. The van der Waals surface area contributed by atoms with Crippen LogP contribution in [-0.4, -0.2) is 9.97 Å². The van der Waals surface area contributed by atoms with Gasteiger partial charge in [0.25, 0.3) is 0 Å². The van der Waals surface area contributed by atoms with Gasteiger partial charge >= 0.3 is 0 Å². The molecular formula is C45H30N2. The zero-order chi connectivity index (χ0) is 31.0. The number of rotatable bonds is 3. The topological polar surface area (TPSA) is 25.8 Å². The van der Waals surface area contributed by atoms with E-state index in [1.807, 2.05) is 24.3 Å². The van der Waals surface area contributed by atoms with E-state index < -0.39 is 0 Å². The van der Waals surface area contributed by atoms with Crippen molar-refractivity contribution in [3.63, 3.8) is 0 Å². The summed E-state index contributed by atoms with van der Waals surface area (Å²) in [4.78, 5) is 10.2. The van der Waals surface area contributed by atoms with Crippen LogP contribution in [0.15, 0.2) is 170 Å². The van der Waals surface area contributed by atoms with E-state index in [1.165, 1.54) is 38.9 Å². The smallest absolute Gasteiger partial charge is 0.160 e. The third kappa shape index (κ3) is 3.73. The molecule has 1 aromatic heterocycles. The lowest BCUT2D eigenvalue weighted by molar-refractivity contribution is 0.465. The first-order valence-electron chi connectivity index (χ1n) is 16.4. The van der Waals surface area contributed by atoms with E-state index in [9.17, 15) is 0 Å². The summed E-state index contributed by atoms with van der Waals surface area (Å²) in [6.45, 7) is 0. The first-order chi connectivity index (χ1) is 23.3. The zero-order valence-electron chi connectivity index (χ0n) is 25.7. The van der Waals surface area contributed by atoms with Crippen LogP contribution in [0, 0.1) is 5.92 Å². The average Bonchev–Trinajstić information content (AvgIpc) is 3.62. The molecule has 7 aromatic rings. The summed E-state index contributed by atoms with van der Waals surface area (Å²) in [5.41, 5.74) is 14.5. The van der Waals surface area contributed by atoms with Crippen molar-refractivity contribution in [3.8, 4) is 44.9 Å². The molecule has 10 rings (SSSR count). The van der Waals surface area contributed by atoms with Gasteiger partial charge in [0.05, 0.1) is 16.6 Å². The van der Waals surface area contributed by atoms with Crippen molar-refractivity contribution in [3.05, 3.63) is 192 Å². The van der Waals surface area contributed by atoms with Gasteiger partial charge in [-0.25, -0.2) is 9.97 Å². The van der Waals surface area contributed by atoms with Crippen LogP contribution in [0.4, 0.5) is 0 Å². The van der Waals surface area contributed by atoms with E-state index in [1.54, 1.807) is 0 Å². The molecular weight excluding hydrogens is 569 g/mol. The highest BCUT2D eigenvalue weighted by Crippen LogP contribution is 2.65. The highest BCUT2D eigenvalue weighted by molar-refractivity contribution is 5.96. The van der Waals surface area contributed by atoms with Gasteiger partial charge in [-0.05, 0) is 62.7 Å². The molecule has 0 N–H and O–H groups in total. The van der Waals surface area contributed by atoms with Crippen LogP contribution in [0.1, 0.15) is 28.2 Å². The number of aromatic nitrogens is 2. The molecule has 6 aromatic carbocycles. The SMILES string of the molecule is C1=CC2c3ccccc3C3(c4ccccc4-c4ccc(-c5ccc6c(-c7ccccc7)nc(-c7ccccc7)nc6c5)cc43)C2C=C1. The number of hydrogen-bond donors (Lipinski definition) is 0. The lowest BCUT2D eigenvalue weighted by Gasteiger charge is -2.36. The Kier molecular flexibility index (Phi) is 5.65. The van der Waals surface area contributed by atoms with Gasteiger partial charge in [0.15, 0.2) is 5.82 Å². The van der Waals surface area contributed by atoms with Gasteiger partial charge in [-0.15, -0.1) is 0 Å². The minimum Gasteiger partial charge on any atom is -0.228 e. The Morgan fingerprint density at radius 3 is 1.98 bits per heavy atom. The van der Waals surface area contributed by atoms with Crippen LogP contribution >= 0.6 is 0 Å². The molecule has 0 bridgehead atoms. The minimum absolute atomic E-state index is 0.246. The van der Waals surface area contributed by atoms with Gasteiger partial charge in [-0.2, -0.15) is 0 Å². The molecule has 2 heteroatoms. The van der Waals surface area contributed by atoms with E-state index in [0.717, 1.165) is 39.1 Å². The van der Waals surface area contributed by atoms with Crippen LogP contribution in [-0.2, 0) is 5.41 Å². The molecule has 0 radical (unpaired) electrons. The van der Waals surface area contributed by atoms with Crippen molar-refractivity contribution < 1.29 is 0 Å². The van der Waals surface area contributed by atoms with Gasteiger partial charge in [-0.1, -0.05) is 152 Å². The molecule has 0 aliphatic heterocycles. The van der Waals surface area contributed by atoms with E-state index >= 15 is 0 Å². The summed E-state index contributed by atoms with van der Waals surface area (Å²) in [7, 11) is 0. The number of benzene rings is 6. The van der Waals surface area contributed by atoms with E-state index in [0.29, 0.717) is 11.8 Å². The summed E-state index contributed by atoms with van der Waals surface area (Å²) in [6.07, 6.45) is 9.32. The van der Waals surface area contributed by atoms with Gasteiger partial charge < -0.3 is 0 Å². The second-order valence-electron chi connectivity index (χ2n) is 12.9. The Morgan fingerprint density at radius 1 is 0.468 bits per heavy atom. The fourth-order valence-corrected chi connectivity index (χ4v) is 8.63. The lowest BCUT2D eigenvalue weighted by Crippen LogP contribution is -2.32. The summed E-state index contributed by atoms with van der Waals surface area (Å²) in [5, 5.41) is 1.05. The molecule has 3 aliphatic carbocycles. The first-order valence-corrected chi connectivity index (χ1v) is 16.4. The molecule has 0 saturated heterocycles. The Morgan fingerprint density at radius 2 is 1.13 bits per heavy atom. The van der Waals surface area contributed by atoms with Crippen LogP contribution in [0.2, 0.25) is 0 Å². The predicted molar refractivity (Wildman–Crippen MR) is 192 cm³/mol. The van der Waals surface area contributed by atoms with Crippen molar-refractivity contribution in [1.82, 2.24) is 9.97 Å². The van der Waals surface area contributed by atoms with Crippen molar-refractivity contribution in [1.29, 1.82) is 0 Å². The van der Waals surface area contributed by atoms with Gasteiger partial charge in [0, 0.05) is 28.3 Å². The predicted octanol–water partition coefficient (Wildman–Crippen LogP) is 10.8. The molecule has 0 saturated carbocycles. The highest BCUT2D eigenvalue weighted by Gasteiger charge is 2.56. The van der Waals surface area contributed by atoms with Crippen molar-refractivity contribution in [2.45, 2.75) is 11.3 Å². The Balaban J connectivity index is 1.20. The lowest BCUT2D eigenvalue weighted by atomic mass is 9.65. The summed E-state index contributed by atoms with van der Waals surface area (Å²) in [5.74, 6) is 1.40. The average molecular weight is 599 g/mol. The fourth-order valence-electron chi connectivity index (χ4n) is 8.63. The van der Waals surface area contributed by atoms with Gasteiger partial charge in [0.2, 0.25) is 0 Å². The fraction of sp³-hybridized carbons (Fsp3) is 0.0667. The Hall–Kier alpha value is -5.86. The largest absolute Gasteiger partial charge is 0.228 e. The summed E-state index contributed by atoms with van der Waals surface area (Å²) < 4.78 is 0. The van der Waals surface area contributed by atoms with E-state index in [2.05, 4.69) is 146 Å². The molecule has 0 amide bonds. The maximum absolute atomic E-state index is 5.15. The van der Waals surface area contributed by atoms with E-state index in [-0.39, 0.29) is 5.41 Å². The molecule has 1 heterocycles. The van der Waals surface area contributed by atoms with Crippen LogP contribution in [0.5, 0.6) is 0 Å². The third-order valence-electron chi connectivity index (χ3n) is 10.6. The van der Waals surface area contributed by atoms with E-state index in [4.69, 9.17) is 9.97 Å². The molecule has 3 unspecified atom stereocenters. The molecule has 0 fully saturated rings. The highest BCUT2D eigenvalue weighted by atomic mass is 14.9. The maximum atomic E-state index is 5.15. The second-order valence-corrected chi connectivity index (χ2v) is 12.9. The number of allylic oxidation sites excluding steroid dienone is 4.